The third-order valence-electron chi connectivity index (χ3n) is 6.36. The molecular formula is C25H25ClF2N5O5+. The van der Waals surface area contributed by atoms with Crippen molar-refractivity contribution in [1.29, 1.82) is 0 Å². The number of hydrogen-bond donors (Lipinski definition) is 3. The van der Waals surface area contributed by atoms with Crippen molar-refractivity contribution in [1.82, 2.24) is 19.8 Å². The van der Waals surface area contributed by atoms with Gasteiger partial charge in [0.15, 0.2) is 23.4 Å². The number of carbonyl (C=O) groups is 2. The number of methoxy groups -OCH3 is 1. The molecule has 10 nitrogen and oxygen atoms in total. The number of anilines is 2. The average molecular weight is 549 g/mol. The van der Waals surface area contributed by atoms with Crippen LogP contribution < -0.4 is 19.9 Å². The number of ether oxygens (including phenoxy) is 2. The maximum atomic E-state index is 14.7. The monoisotopic (exact) mass is 548 g/mol. The van der Waals surface area contributed by atoms with Crippen molar-refractivity contribution in [2.75, 3.05) is 32.2 Å². The van der Waals surface area contributed by atoms with Crippen LogP contribution in [0.1, 0.15) is 12.8 Å². The van der Waals surface area contributed by atoms with Crippen LogP contribution in [0.3, 0.4) is 0 Å². The number of carboxylic acid groups (broad SMARTS) is 1. The van der Waals surface area contributed by atoms with E-state index in [1.54, 1.807) is 12.1 Å². The van der Waals surface area contributed by atoms with E-state index >= 15 is 0 Å². The maximum Gasteiger partial charge on any atom is 0.409 e. The first-order chi connectivity index (χ1) is 18.2. The molecule has 1 aromatic heterocycles. The summed E-state index contributed by atoms with van der Waals surface area (Å²) in [5.41, 5.74) is 0.597. The zero-order valence-electron chi connectivity index (χ0n) is 20.3. The number of quaternary nitrogens is 1. The SMILES string of the molecule is C=CC(=O)[N+]1(c2cc3c(Nc4ccc(F)c(Cl)c4F)ncnc3cc2OCCOC)CCC[C@H]1NC(=O)O. The Morgan fingerprint density at radius 1 is 1.29 bits per heavy atom. The Morgan fingerprint density at radius 3 is 2.79 bits per heavy atom. The number of carbonyl (C=O) groups excluding carboxylic acids is 1. The van der Waals surface area contributed by atoms with Crippen molar-refractivity contribution in [2.45, 2.75) is 19.0 Å². The van der Waals surface area contributed by atoms with Crippen LogP contribution >= 0.6 is 11.6 Å². The van der Waals surface area contributed by atoms with Gasteiger partial charge in [-0.15, -0.1) is 0 Å². The van der Waals surface area contributed by atoms with E-state index < -0.39 is 39.3 Å². The molecule has 4 rings (SSSR count). The molecule has 0 saturated carbocycles. The van der Waals surface area contributed by atoms with Crippen LogP contribution in [-0.2, 0) is 9.53 Å². The van der Waals surface area contributed by atoms with Gasteiger partial charge in [0, 0.05) is 43.5 Å². The van der Waals surface area contributed by atoms with Crippen molar-refractivity contribution in [3.63, 3.8) is 0 Å². The fraction of sp³-hybridized carbons (Fsp3) is 0.280. The van der Waals surface area contributed by atoms with E-state index in [0.29, 0.717) is 29.4 Å². The number of fused-ring (bicyclic) bond motifs is 1. The van der Waals surface area contributed by atoms with E-state index in [0.717, 1.165) is 12.1 Å². The molecule has 1 unspecified atom stereocenters. The zero-order valence-corrected chi connectivity index (χ0v) is 21.1. The molecule has 0 aliphatic carbocycles. The molecular weight excluding hydrogens is 524 g/mol. The minimum absolute atomic E-state index is 0.129. The maximum absolute atomic E-state index is 14.7. The number of halogens is 3. The summed E-state index contributed by atoms with van der Waals surface area (Å²) in [4.78, 5) is 33.6. The first-order valence-electron chi connectivity index (χ1n) is 11.6. The molecule has 0 bridgehead atoms. The number of rotatable bonds is 9. The molecule has 200 valence electrons. The molecule has 2 heterocycles. The molecule has 2 aromatic carbocycles. The van der Waals surface area contributed by atoms with Gasteiger partial charge >= 0.3 is 12.0 Å². The lowest BCUT2D eigenvalue weighted by molar-refractivity contribution is -0.126. The van der Waals surface area contributed by atoms with Crippen LogP contribution in [0.4, 0.5) is 30.8 Å². The normalized spacial score (nSPS) is 18.8. The molecule has 3 N–H and O–H groups in total. The first kappa shape index (κ1) is 27.2. The van der Waals surface area contributed by atoms with Gasteiger partial charge in [-0.3, -0.25) is 5.32 Å². The van der Waals surface area contributed by atoms with E-state index in [4.69, 9.17) is 21.1 Å². The van der Waals surface area contributed by atoms with E-state index in [1.165, 1.54) is 19.5 Å². The highest BCUT2D eigenvalue weighted by molar-refractivity contribution is 6.31. The zero-order chi connectivity index (χ0) is 27.4. The number of amides is 2. The largest absolute Gasteiger partial charge is 0.485 e. The third kappa shape index (κ3) is 4.97. The average Bonchev–Trinajstić information content (AvgIpc) is 3.31. The van der Waals surface area contributed by atoms with Gasteiger partial charge in [-0.1, -0.05) is 18.2 Å². The number of nitrogens with zero attached hydrogens (tertiary/aromatic N) is 3. The molecule has 1 aliphatic rings. The molecule has 3 aromatic rings. The third-order valence-corrected chi connectivity index (χ3v) is 6.70. The van der Waals surface area contributed by atoms with Crippen molar-refractivity contribution in [3.8, 4) is 5.75 Å². The number of hydrogen-bond acceptors (Lipinski definition) is 7. The standard InChI is InChI=1S/C25H24ClF2N5O5/c1-3-21(34)33(8-4-5-20(33)32-25(35)36)18-11-14-17(12-19(18)38-10-9-37-2)29-13-30-24(14)31-16-7-6-15(27)22(26)23(16)28/h3,6-7,11-13,20,32H,1,4-5,8-10H2,2H3,(H-,29,30,31,35,36)/p+1/t20-,33?/m0/s1. The second-order valence-corrected chi connectivity index (χ2v) is 8.87. The number of nitrogens with one attached hydrogen (secondary N) is 2. The lowest BCUT2D eigenvalue weighted by Crippen LogP contribution is -2.62. The molecule has 2 atom stereocenters. The lowest BCUT2D eigenvalue weighted by Gasteiger charge is -2.36. The van der Waals surface area contributed by atoms with Gasteiger partial charge in [-0.2, -0.15) is 0 Å². The highest BCUT2D eigenvalue weighted by Gasteiger charge is 2.51. The molecule has 38 heavy (non-hydrogen) atoms. The second kappa shape index (κ2) is 11.3. The summed E-state index contributed by atoms with van der Waals surface area (Å²) in [6, 6.07) is 5.38. The highest BCUT2D eigenvalue weighted by Crippen LogP contribution is 2.44. The lowest BCUT2D eigenvalue weighted by atomic mass is 10.1. The van der Waals surface area contributed by atoms with Gasteiger partial charge in [0.05, 0.1) is 24.4 Å². The second-order valence-electron chi connectivity index (χ2n) is 8.49. The fourth-order valence-corrected chi connectivity index (χ4v) is 4.82. The van der Waals surface area contributed by atoms with E-state index in [9.17, 15) is 23.5 Å². The van der Waals surface area contributed by atoms with Crippen molar-refractivity contribution < 1.29 is 33.0 Å². The summed E-state index contributed by atoms with van der Waals surface area (Å²) < 4.78 is 39.0. The molecule has 0 radical (unpaired) electrons. The van der Waals surface area contributed by atoms with E-state index in [-0.39, 0.29) is 37.0 Å². The smallest absolute Gasteiger partial charge is 0.409 e. The van der Waals surface area contributed by atoms with Crippen LogP contribution in [0.5, 0.6) is 5.75 Å². The van der Waals surface area contributed by atoms with Gasteiger partial charge in [0.2, 0.25) is 0 Å². The summed E-state index contributed by atoms with van der Waals surface area (Å²) in [5.74, 6) is -1.94. The molecule has 13 heteroatoms. The quantitative estimate of drug-likeness (QED) is 0.152. The van der Waals surface area contributed by atoms with Crippen LogP contribution in [-0.4, -0.2) is 60.1 Å². The van der Waals surface area contributed by atoms with Crippen LogP contribution in [0.15, 0.2) is 43.2 Å². The van der Waals surface area contributed by atoms with Crippen LogP contribution in [0.25, 0.3) is 10.9 Å². The van der Waals surface area contributed by atoms with E-state index in [2.05, 4.69) is 27.2 Å². The topological polar surface area (TPSA) is 123 Å². The minimum Gasteiger partial charge on any atom is -0.485 e. The Balaban J connectivity index is 1.93. The molecule has 1 fully saturated rings. The van der Waals surface area contributed by atoms with Gasteiger partial charge < -0.3 is 19.9 Å². The van der Waals surface area contributed by atoms with Gasteiger partial charge in [-0.25, -0.2) is 32.8 Å². The Labute approximate surface area is 221 Å². The van der Waals surface area contributed by atoms with Gasteiger partial charge in [-0.05, 0) is 12.1 Å². The Hall–Kier alpha value is -3.87. The Morgan fingerprint density at radius 2 is 2.08 bits per heavy atom. The Bertz CT molecular complexity index is 1410. The summed E-state index contributed by atoms with van der Waals surface area (Å²) >= 11 is 5.73. The predicted octanol–water partition coefficient (Wildman–Crippen LogP) is 4.74. The first-order valence-corrected chi connectivity index (χ1v) is 12.0. The number of likely N-dealkylation sites (tertiary alicyclic amines) is 1. The van der Waals surface area contributed by atoms with Crippen LogP contribution in [0.2, 0.25) is 5.02 Å². The molecule has 1 saturated heterocycles. The summed E-state index contributed by atoms with van der Waals surface area (Å²) in [5, 5.41) is 14.5. The van der Waals surface area contributed by atoms with Crippen molar-refractivity contribution >= 4 is 51.7 Å². The minimum atomic E-state index is -1.28. The van der Waals surface area contributed by atoms with Crippen LogP contribution in [0, 0.1) is 11.6 Å². The predicted molar refractivity (Wildman–Crippen MR) is 138 cm³/mol. The van der Waals surface area contributed by atoms with Gasteiger partial charge in [0.25, 0.3) is 0 Å². The summed E-state index contributed by atoms with van der Waals surface area (Å²) in [7, 11) is 1.51. The van der Waals surface area contributed by atoms with E-state index in [1.807, 2.05) is 0 Å². The molecule has 1 aliphatic heterocycles. The van der Waals surface area contributed by atoms with Crippen molar-refractivity contribution in [3.05, 3.63) is 59.9 Å². The van der Waals surface area contributed by atoms with Gasteiger partial charge in [0.1, 0.15) is 29.6 Å². The molecule has 2 amide bonds. The fourth-order valence-electron chi connectivity index (χ4n) is 4.65. The number of aromatic nitrogens is 2. The highest BCUT2D eigenvalue weighted by atomic mass is 35.5. The Kier molecular flexibility index (Phi) is 8.05. The number of benzene rings is 2. The summed E-state index contributed by atoms with van der Waals surface area (Å²) in [6.45, 7) is 4.29. The molecule has 0 spiro atoms. The van der Waals surface area contributed by atoms with Crippen molar-refractivity contribution in [2.24, 2.45) is 0 Å². The summed E-state index contributed by atoms with van der Waals surface area (Å²) in [6.07, 6.45) is 1.20.